The van der Waals surface area contributed by atoms with Gasteiger partial charge in [-0.15, -0.1) is 11.6 Å². The standard InChI is InChI=1S/C15H12Cl3N3/c1-8-3-4-19-15-14(8)20-13(7-16)21(15)12-6-10(17)9(2)5-11(12)18/h3-6H,7H2,1-2H3. The number of aromatic nitrogens is 3. The van der Waals surface area contributed by atoms with E-state index < -0.39 is 0 Å². The Morgan fingerprint density at radius 3 is 2.57 bits per heavy atom. The zero-order valence-electron chi connectivity index (χ0n) is 11.5. The first-order valence-corrected chi connectivity index (χ1v) is 7.67. The molecule has 2 aromatic heterocycles. The molecule has 0 fully saturated rings. The minimum absolute atomic E-state index is 0.262. The lowest BCUT2D eigenvalue weighted by molar-refractivity contribution is 0.969. The molecule has 0 saturated carbocycles. The van der Waals surface area contributed by atoms with Crippen LogP contribution in [-0.4, -0.2) is 14.5 Å². The van der Waals surface area contributed by atoms with Crippen molar-refractivity contribution < 1.29 is 0 Å². The van der Waals surface area contributed by atoms with Crippen molar-refractivity contribution in [3.8, 4) is 5.69 Å². The molecule has 0 aliphatic carbocycles. The zero-order chi connectivity index (χ0) is 15.1. The summed E-state index contributed by atoms with van der Waals surface area (Å²) in [6, 6.07) is 5.57. The Kier molecular flexibility index (Phi) is 3.82. The number of benzene rings is 1. The summed E-state index contributed by atoms with van der Waals surface area (Å²) >= 11 is 18.7. The number of imidazole rings is 1. The second kappa shape index (κ2) is 5.48. The van der Waals surface area contributed by atoms with E-state index in [1.807, 2.05) is 36.6 Å². The smallest absolute Gasteiger partial charge is 0.165 e. The van der Waals surface area contributed by atoms with Crippen LogP contribution in [0.15, 0.2) is 24.4 Å². The first-order chi connectivity index (χ1) is 10.0. The molecular weight excluding hydrogens is 329 g/mol. The highest BCUT2D eigenvalue weighted by molar-refractivity contribution is 6.35. The number of aryl methyl sites for hydroxylation is 2. The third-order valence-electron chi connectivity index (χ3n) is 3.41. The van der Waals surface area contributed by atoms with Crippen molar-refractivity contribution in [1.82, 2.24) is 14.5 Å². The molecule has 0 bridgehead atoms. The van der Waals surface area contributed by atoms with Crippen LogP contribution in [0.1, 0.15) is 17.0 Å². The minimum atomic E-state index is 0.262. The summed E-state index contributed by atoms with van der Waals surface area (Å²) in [5.74, 6) is 0.952. The van der Waals surface area contributed by atoms with Crippen molar-refractivity contribution in [3.63, 3.8) is 0 Å². The number of rotatable bonds is 2. The second-order valence-electron chi connectivity index (χ2n) is 4.85. The molecule has 108 valence electrons. The molecule has 0 radical (unpaired) electrons. The highest BCUT2D eigenvalue weighted by atomic mass is 35.5. The molecule has 0 aliphatic rings. The van der Waals surface area contributed by atoms with Gasteiger partial charge < -0.3 is 0 Å². The Balaban J connectivity index is 2.39. The molecule has 0 atom stereocenters. The van der Waals surface area contributed by atoms with E-state index in [9.17, 15) is 0 Å². The maximum Gasteiger partial charge on any atom is 0.165 e. The highest BCUT2D eigenvalue weighted by Gasteiger charge is 2.17. The van der Waals surface area contributed by atoms with Crippen molar-refractivity contribution in [3.05, 3.63) is 51.4 Å². The highest BCUT2D eigenvalue weighted by Crippen LogP contribution is 2.31. The van der Waals surface area contributed by atoms with Crippen LogP contribution in [0.25, 0.3) is 16.9 Å². The van der Waals surface area contributed by atoms with E-state index in [4.69, 9.17) is 34.8 Å². The van der Waals surface area contributed by atoms with E-state index in [-0.39, 0.29) is 5.88 Å². The monoisotopic (exact) mass is 339 g/mol. The maximum absolute atomic E-state index is 6.38. The first kappa shape index (κ1) is 14.6. The Hall–Kier alpha value is -1.29. The lowest BCUT2D eigenvalue weighted by Crippen LogP contribution is -2.01. The van der Waals surface area contributed by atoms with Crippen molar-refractivity contribution in [2.24, 2.45) is 0 Å². The maximum atomic E-state index is 6.38. The largest absolute Gasteiger partial charge is 0.278 e. The van der Waals surface area contributed by atoms with Gasteiger partial charge in [0, 0.05) is 11.2 Å². The molecule has 2 heterocycles. The second-order valence-corrected chi connectivity index (χ2v) is 5.93. The van der Waals surface area contributed by atoms with Gasteiger partial charge in [0.05, 0.1) is 16.6 Å². The van der Waals surface area contributed by atoms with Crippen LogP contribution in [0.5, 0.6) is 0 Å². The van der Waals surface area contributed by atoms with Crippen molar-refractivity contribution in [2.45, 2.75) is 19.7 Å². The average Bonchev–Trinajstić information content (AvgIpc) is 2.83. The fourth-order valence-electron chi connectivity index (χ4n) is 2.29. The molecular formula is C15H12Cl3N3. The van der Waals surface area contributed by atoms with Crippen molar-refractivity contribution >= 4 is 46.0 Å². The SMILES string of the molecule is Cc1cc(Cl)c(-n2c(CCl)nc3c(C)ccnc32)cc1Cl. The predicted molar refractivity (Wildman–Crippen MR) is 87.9 cm³/mol. The van der Waals surface area contributed by atoms with Gasteiger partial charge in [-0.3, -0.25) is 4.57 Å². The summed E-state index contributed by atoms with van der Waals surface area (Å²) in [5.41, 5.74) is 4.25. The van der Waals surface area contributed by atoms with Crippen molar-refractivity contribution in [1.29, 1.82) is 0 Å². The fourth-order valence-corrected chi connectivity index (χ4v) is 2.93. The molecule has 0 amide bonds. The van der Waals surface area contributed by atoms with Crippen LogP contribution in [0.4, 0.5) is 0 Å². The summed E-state index contributed by atoms with van der Waals surface area (Å²) < 4.78 is 1.86. The Labute approximate surface area is 137 Å². The molecule has 0 aliphatic heterocycles. The molecule has 0 unspecified atom stereocenters. The van der Waals surface area contributed by atoms with Gasteiger partial charge in [-0.05, 0) is 43.2 Å². The molecule has 1 aromatic carbocycles. The molecule has 21 heavy (non-hydrogen) atoms. The van der Waals surface area contributed by atoms with Gasteiger partial charge in [0.25, 0.3) is 0 Å². The molecule has 0 spiro atoms. The summed E-state index contributed by atoms with van der Waals surface area (Å²) in [5, 5.41) is 1.23. The molecule has 6 heteroatoms. The van der Waals surface area contributed by atoms with Crippen molar-refractivity contribution in [2.75, 3.05) is 0 Å². The third-order valence-corrected chi connectivity index (χ3v) is 4.35. The summed E-state index contributed by atoms with van der Waals surface area (Å²) in [7, 11) is 0. The number of hydrogen-bond acceptors (Lipinski definition) is 2. The van der Waals surface area contributed by atoms with Crippen LogP contribution in [0.2, 0.25) is 10.0 Å². The van der Waals surface area contributed by atoms with Crippen LogP contribution in [-0.2, 0) is 5.88 Å². The van der Waals surface area contributed by atoms with Gasteiger partial charge in [0.1, 0.15) is 11.3 Å². The Morgan fingerprint density at radius 2 is 1.86 bits per heavy atom. The fraction of sp³-hybridized carbons (Fsp3) is 0.200. The average molecular weight is 341 g/mol. The van der Waals surface area contributed by atoms with Gasteiger partial charge >= 0.3 is 0 Å². The molecule has 3 nitrogen and oxygen atoms in total. The summed E-state index contributed by atoms with van der Waals surface area (Å²) in [6.07, 6.45) is 1.75. The number of pyridine rings is 1. The van der Waals surface area contributed by atoms with E-state index in [0.717, 1.165) is 28.0 Å². The number of nitrogens with zero attached hydrogens (tertiary/aromatic N) is 3. The van der Waals surface area contributed by atoms with Gasteiger partial charge in [-0.1, -0.05) is 23.2 Å². The molecule has 3 aromatic rings. The van der Waals surface area contributed by atoms with Gasteiger partial charge in [-0.2, -0.15) is 0 Å². The summed E-state index contributed by atoms with van der Waals surface area (Å²) in [4.78, 5) is 8.99. The summed E-state index contributed by atoms with van der Waals surface area (Å²) in [6.45, 7) is 3.90. The van der Waals surface area contributed by atoms with E-state index in [0.29, 0.717) is 15.9 Å². The Bertz CT molecular complexity index is 840. The van der Waals surface area contributed by atoms with Crippen LogP contribution in [0, 0.1) is 13.8 Å². The van der Waals surface area contributed by atoms with E-state index in [1.54, 1.807) is 6.20 Å². The normalized spacial score (nSPS) is 11.3. The number of halogens is 3. The molecule has 0 saturated heterocycles. The van der Waals surface area contributed by atoms with E-state index in [2.05, 4.69) is 9.97 Å². The number of alkyl halides is 1. The number of hydrogen-bond donors (Lipinski definition) is 0. The van der Waals surface area contributed by atoms with E-state index in [1.165, 1.54) is 0 Å². The minimum Gasteiger partial charge on any atom is -0.278 e. The van der Waals surface area contributed by atoms with Gasteiger partial charge in [0.2, 0.25) is 0 Å². The van der Waals surface area contributed by atoms with Gasteiger partial charge in [0.15, 0.2) is 5.65 Å². The van der Waals surface area contributed by atoms with Crippen LogP contribution < -0.4 is 0 Å². The number of fused-ring (bicyclic) bond motifs is 1. The lowest BCUT2D eigenvalue weighted by atomic mass is 10.2. The molecule has 3 rings (SSSR count). The van der Waals surface area contributed by atoms with Crippen LogP contribution >= 0.6 is 34.8 Å². The first-order valence-electron chi connectivity index (χ1n) is 6.38. The van der Waals surface area contributed by atoms with E-state index >= 15 is 0 Å². The molecule has 0 N–H and O–H groups in total. The van der Waals surface area contributed by atoms with Crippen LogP contribution in [0.3, 0.4) is 0 Å². The zero-order valence-corrected chi connectivity index (χ0v) is 13.8. The lowest BCUT2D eigenvalue weighted by Gasteiger charge is -2.11. The Morgan fingerprint density at radius 1 is 1.10 bits per heavy atom. The van der Waals surface area contributed by atoms with Gasteiger partial charge in [-0.25, -0.2) is 9.97 Å². The predicted octanol–water partition coefficient (Wildman–Crippen LogP) is 5.08. The quantitative estimate of drug-likeness (QED) is 0.609. The topological polar surface area (TPSA) is 30.7 Å². The third kappa shape index (κ3) is 2.39.